The molecular weight excluding hydrogens is 272 g/mol. The lowest BCUT2D eigenvalue weighted by atomic mass is 9.99. The van der Waals surface area contributed by atoms with E-state index in [1.54, 1.807) is 6.92 Å². The Morgan fingerprint density at radius 3 is 2.62 bits per heavy atom. The second-order valence-corrected chi connectivity index (χ2v) is 5.03. The van der Waals surface area contributed by atoms with Gasteiger partial charge in [-0.2, -0.15) is 4.98 Å². The zero-order valence-corrected chi connectivity index (χ0v) is 12.8. The minimum absolute atomic E-state index is 0.0978. The van der Waals surface area contributed by atoms with Gasteiger partial charge in [-0.1, -0.05) is 33.1 Å². The number of aromatic nitrogens is 2. The van der Waals surface area contributed by atoms with Crippen LogP contribution in [0, 0.1) is 23.0 Å². The fourth-order valence-corrected chi connectivity index (χ4v) is 2.16. The third-order valence-corrected chi connectivity index (χ3v) is 3.47. The molecule has 21 heavy (non-hydrogen) atoms. The van der Waals surface area contributed by atoms with E-state index in [1.165, 1.54) is 0 Å². The van der Waals surface area contributed by atoms with E-state index in [0.717, 1.165) is 25.7 Å². The van der Waals surface area contributed by atoms with Gasteiger partial charge in [0.05, 0.1) is 4.92 Å². The lowest BCUT2D eigenvalue weighted by Crippen LogP contribution is -2.18. The lowest BCUT2D eigenvalue weighted by molar-refractivity contribution is -0.385. The molecule has 0 aliphatic rings. The molecular formula is C13H24N6O2. The highest BCUT2D eigenvalue weighted by atomic mass is 16.6. The highest BCUT2D eigenvalue weighted by Crippen LogP contribution is 2.27. The monoisotopic (exact) mass is 296 g/mol. The molecule has 0 aliphatic heterocycles. The first-order valence-corrected chi connectivity index (χ1v) is 7.26. The molecule has 1 heterocycles. The van der Waals surface area contributed by atoms with Gasteiger partial charge in [0.15, 0.2) is 0 Å². The predicted octanol–water partition coefficient (Wildman–Crippen LogP) is 2.61. The Hall–Kier alpha value is -1.96. The molecule has 0 fully saturated rings. The molecule has 8 nitrogen and oxygen atoms in total. The summed E-state index contributed by atoms with van der Waals surface area (Å²) in [4.78, 5) is 18.7. The Morgan fingerprint density at radius 1 is 1.38 bits per heavy atom. The number of hydrazine groups is 1. The maximum Gasteiger partial charge on any atom is 0.332 e. The average Bonchev–Trinajstić information content (AvgIpc) is 2.46. The van der Waals surface area contributed by atoms with Crippen LogP contribution < -0.4 is 16.6 Å². The number of anilines is 2. The maximum atomic E-state index is 11.2. The van der Waals surface area contributed by atoms with Crippen LogP contribution in [0.3, 0.4) is 0 Å². The molecule has 0 saturated carbocycles. The Morgan fingerprint density at radius 2 is 2.10 bits per heavy atom. The summed E-state index contributed by atoms with van der Waals surface area (Å²) in [5, 5.41) is 14.2. The summed E-state index contributed by atoms with van der Waals surface area (Å²) in [5.41, 5.74) is 2.51. The van der Waals surface area contributed by atoms with Crippen molar-refractivity contribution < 1.29 is 4.92 Å². The number of nitrogens with one attached hydrogen (secondary N) is 2. The number of nitro groups is 1. The van der Waals surface area contributed by atoms with Crippen molar-refractivity contribution in [2.75, 3.05) is 17.3 Å². The van der Waals surface area contributed by atoms with Crippen LogP contribution in [0.25, 0.3) is 0 Å². The summed E-state index contributed by atoms with van der Waals surface area (Å²) in [6.07, 6.45) is 4.41. The predicted molar refractivity (Wildman–Crippen MR) is 83.0 cm³/mol. The van der Waals surface area contributed by atoms with E-state index in [9.17, 15) is 10.1 Å². The molecule has 0 aliphatic carbocycles. The standard InChI is InChI=1S/C13H24N6O2/c1-4-6-7-10(5-2)8-15-12-11(19(20)21)9(3)16-13(17-12)18-14/h10H,4-8,14H2,1-3H3,(H2,15,16,17,18). The van der Waals surface area contributed by atoms with Crippen molar-refractivity contribution in [3.63, 3.8) is 0 Å². The van der Waals surface area contributed by atoms with Gasteiger partial charge in [0, 0.05) is 6.54 Å². The smallest absolute Gasteiger partial charge is 0.332 e. The quantitative estimate of drug-likeness (QED) is 0.364. The summed E-state index contributed by atoms with van der Waals surface area (Å²) < 4.78 is 0. The normalized spacial score (nSPS) is 12.0. The van der Waals surface area contributed by atoms with Gasteiger partial charge in [-0.05, 0) is 19.3 Å². The summed E-state index contributed by atoms with van der Waals surface area (Å²) in [6.45, 7) is 6.49. The molecule has 1 atom stereocenters. The second kappa shape index (κ2) is 8.35. The van der Waals surface area contributed by atoms with Gasteiger partial charge in [0.25, 0.3) is 0 Å². The molecule has 0 aromatic carbocycles. The van der Waals surface area contributed by atoms with E-state index < -0.39 is 4.92 Å². The topological polar surface area (TPSA) is 119 Å². The fourth-order valence-electron chi connectivity index (χ4n) is 2.16. The van der Waals surface area contributed by atoms with Crippen molar-refractivity contribution in [2.24, 2.45) is 11.8 Å². The van der Waals surface area contributed by atoms with Crippen LogP contribution in [0.5, 0.6) is 0 Å². The molecule has 118 valence electrons. The van der Waals surface area contributed by atoms with Gasteiger partial charge < -0.3 is 5.32 Å². The molecule has 0 bridgehead atoms. The second-order valence-electron chi connectivity index (χ2n) is 5.03. The molecule has 0 spiro atoms. The highest BCUT2D eigenvalue weighted by Gasteiger charge is 2.22. The van der Waals surface area contributed by atoms with Crippen molar-refractivity contribution >= 4 is 17.5 Å². The first kappa shape index (κ1) is 17.1. The Balaban J connectivity index is 2.89. The van der Waals surface area contributed by atoms with Crippen molar-refractivity contribution in [1.82, 2.24) is 9.97 Å². The average molecular weight is 296 g/mol. The third-order valence-electron chi connectivity index (χ3n) is 3.47. The number of aryl methyl sites for hydroxylation is 1. The first-order chi connectivity index (χ1) is 10.0. The van der Waals surface area contributed by atoms with E-state index in [-0.39, 0.29) is 23.1 Å². The van der Waals surface area contributed by atoms with Gasteiger partial charge in [-0.15, -0.1) is 0 Å². The van der Waals surface area contributed by atoms with Crippen molar-refractivity contribution in [3.8, 4) is 0 Å². The molecule has 1 aromatic heterocycles. The van der Waals surface area contributed by atoms with Gasteiger partial charge in [-0.25, -0.2) is 10.8 Å². The first-order valence-electron chi connectivity index (χ1n) is 7.26. The minimum Gasteiger partial charge on any atom is -0.364 e. The Bertz CT molecular complexity index is 480. The van der Waals surface area contributed by atoms with Crippen LogP contribution >= 0.6 is 0 Å². The molecule has 4 N–H and O–H groups in total. The third kappa shape index (κ3) is 4.82. The zero-order chi connectivity index (χ0) is 15.8. The number of nitrogens with two attached hydrogens (primary N) is 1. The highest BCUT2D eigenvalue weighted by molar-refractivity contribution is 5.60. The van der Waals surface area contributed by atoms with Crippen LogP contribution in [0.4, 0.5) is 17.5 Å². The van der Waals surface area contributed by atoms with Gasteiger partial charge in [0.1, 0.15) is 5.69 Å². The van der Waals surface area contributed by atoms with Crippen LogP contribution in [0.1, 0.15) is 45.2 Å². The Labute approximate surface area is 124 Å². The minimum atomic E-state index is -0.467. The number of nitrogens with zero attached hydrogens (tertiary/aromatic N) is 3. The van der Waals surface area contributed by atoms with Gasteiger partial charge in [-0.3, -0.25) is 15.5 Å². The van der Waals surface area contributed by atoms with Crippen molar-refractivity contribution in [1.29, 1.82) is 0 Å². The van der Waals surface area contributed by atoms with Crippen LogP contribution in [-0.4, -0.2) is 21.4 Å². The summed E-state index contributed by atoms with van der Waals surface area (Å²) >= 11 is 0. The Kier molecular flexibility index (Phi) is 6.80. The summed E-state index contributed by atoms with van der Waals surface area (Å²) in [5.74, 6) is 6.14. The molecule has 1 rings (SSSR count). The number of hydrogen-bond donors (Lipinski definition) is 3. The van der Waals surface area contributed by atoms with E-state index >= 15 is 0 Å². The van der Waals surface area contributed by atoms with Crippen LogP contribution in [-0.2, 0) is 0 Å². The molecule has 0 radical (unpaired) electrons. The summed E-state index contributed by atoms with van der Waals surface area (Å²) in [6, 6.07) is 0. The maximum absolute atomic E-state index is 11.2. The van der Waals surface area contributed by atoms with Gasteiger partial charge >= 0.3 is 5.69 Å². The van der Waals surface area contributed by atoms with Crippen LogP contribution in [0.2, 0.25) is 0 Å². The fraction of sp³-hybridized carbons (Fsp3) is 0.692. The van der Waals surface area contributed by atoms with E-state index in [0.29, 0.717) is 12.5 Å². The molecule has 8 heteroatoms. The molecule has 1 unspecified atom stereocenters. The molecule has 0 saturated heterocycles. The number of nitrogen functional groups attached to an aromatic ring is 1. The SMILES string of the molecule is CCCCC(CC)CNc1nc(NN)nc(C)c1[N+](=O)[O-]. The van der Waals surface area contributed by atoms with Crippen molar-refractivity contribution in [3.05, 3.63) is 15.8 Å². The van der Waals surface area contributed by atoms with Gasteiger partial charge in [0.2, 0.25) is 11.8 Å². The van der Waals surface area contributed by atoms with E-state index in [2.05, 4.69) is 34.6 Å². The largest absolute Gasteiger partial charge is 0.364 e. The molecule has 1 aromatic rings. The van der Waals surface area contributed by atoms with Crippen molar-refractivity contribution in [2.45, 2.75) is 46.5 Å². The van der Waals surface area contributed by atoms with Crippen LogP contribution in [0.15, 0.2) is 0 Å². The number of hydrogen-bond acceptors (Lipinski definition) is 7. The lowest BCUT2D eigenvalue weighted by Gasteiger charge is -2.16. The molecule has 0 amide bonds. The van der Waals surface area contributed by atoms with E-state index in [4.69, 9.17) is 5.84 Å². The summed E-state index contributed by atoms with van der Waals surface area (Å²) in [7, 11) is 0. The number of unbranched alkanes of at least 4 members (excludes halogenated alkanes) is 1. The van der Waals surface area contributed by atoms with E-state index in [1.807, 2.05) is 0 Å². The zero-order valence-electron chi connectivity index (χ0n) is 12.8. The number of rotatable bonds is 9.